The standard InChI is InChI=1S/C17H34N4O/c1-3-4-5-9-13-19-17(18-2)20-14-12-16(22)21-15-10-7-6-8-11-15/h15H,3-14H2,1-2H3,(H,21,22)(H2,18,19,20). The Morgan fingerprint density at radius 3 is 2.45 bits per heavy atom. The van der Waals surface area contributed by atoms with Crippen molar-refractivity contribution in [2.75, 3.05) is 20.1 Å². The monoisotopic (exact) mass is 310 g/mol. The SMILES string of the molecule is CCCCCCNC(=NC)NCCC(=O)NC1CCCCC1. The summed E-state index contributed by atoms with van der Waals surface area (Å²) in [6.07, 6.45) is 11.6. The maximum atomic E-state index is 11.9. The molecule has 1 aliphatic carbocycles. The van der Waals surface area contributed by atoms with Gasteiger partial charge in [-0.15, -0.1) is 0 Å². The second-order valence-electron chi connectivity index (χ2n) is 6.14. The fraction of sp³-hybridized carbons (Fsp3) is 0.882. The number of aliphatic imine (C=N–C) groups is 1. The first-order chi connectivity index (χ1) is 10.8. The van der Waals surface area contributed by atoms with Crippen LogP contribution in [0.15, 0.2) is 4.99 Å². The lowest BCUT2D eigenvalue weighted by Crippen LogP contribution is -2.41. The molecular formula is C17H34N4O. The van der Waals surface area contributed by atoms with E-state index in [0.29, 0.717) is 19.0 Å². The summed E-state index contributed by atoms with van der Waals surface area (Å²) in [5, 5.41) is 9.63. The third-order valence-corrected chi connectivity index (χ3v) is 4.16. The Bertz CT molecular complexity index is 325. The molecule has 0 radical (unpaired) electrons. The molecule has 0 aromatic heterocycles. The lowest BCUT2D eigenvalue weighted by atomic mass is 9.95. The number of amides is 1. The Morgan fingerprint density at radius 1 is 1.05 bits per heavy atom. The maximum Gasteiger partial charge on any atom is 0.221 e. The number of hydrogen-bond acceptors (Lipinski definition) is 2. The molecule has 0 heterocycles. The zero-order valence-electron chi connectivity index (χ0n) is 14.4. The highest BCUT2D eigenvalue weighted by molar-refractivity contribution is 5.81. The van der Waals surface area contributed by atoms with Gasteiger partial charge in [0.15, 0.2) is 5.96 Å². The lowest BCUT2D eigenvalue weighted by Gasteiger charge is -2.22. The van der Waals surface area contributed by atoms with Gasteiger partial charge in [-0.25, -0.2) is 0 Å². The topological polar surface area (TPSA) is 65.5 Å². The molecule has 1 saturated carbocycles. The minimum atomic E-state index is 0.151. The van der Waals surface area contributed by atoms with Gasteiger partial charge < -0.3 is 16.0 Å². The van der Waals surface area contributed by atoms with Crippen molar-refractivity contribution < 1.29 is 4.79 Å². The fourth-order valence-corrected chi connectivity index (χ4v) is 2.82. The molecule has 0 atom stereocenters. The number of carbonyl (C=O) groups is 1. The first kappa shape index (κ1) is 18.8. The number of nitrogens with zero attached hydrogens (tertiary/aromatic N) is 1. The molecule has 0 unspecified atom stereocenters. The molecule has 3 N–H and O–H groups in total. The van der Waals surface area contributed by atoms with E-state index in [2.05, 4.69) is 27.9 Å². The fourth-order valence-electron chi connectivity index (χ4n) is 2.82. The summed E-state index contributed by atoms with van der Waals surface area (Å²) in [5.41, 5.74) is 0. The lowest BCUT2D eigenvalue weighted by molar-refractivity contribution is -0.121. The second kappa shape index (κ2) is 12.3. The van der Waals surface area contributed by atoms with Crippen LogP contribution in [0.25, 0.3) is 0 Å². The Hall–Kier alpha value is -1.26. The normalized spacial score (nSPS) is 16.4. The first-order valence-corrected chi connectivity index (χ1v) is 9.00. The van der Waals surface area contributed by atoms with Gasteiger partial charge in [0.2, 0.25) is 5.91 Å². The van der Waals surface area contributed by atoms with Crippen LogP contribution in [0, 0.1) is 0 Å². The molecule has 0 aliphatic heterocycles. The Labute approximate surface area is 135 Å². The largest absolute Gasteiger partial charge is 0.356 e. The van der Waals surface area contributed by atoms with Gasteiger partial charge in [0.05, 0.1) is 0 Å². The van der Waals surface area contributed by atoms with Crippen LogP contribution in [-0.4, -0.2) is 38.0 Å². The summed E-state index contributed by atoms with van der Waals surface area (Å²) in [4.78, 5) is 16.1. The molecule has 0 spiro atoms. The van der Waals surface area contributed by atoms with Crippen LogP contribution < -0.4 is 16.0 Å². The molecule has 5 heteroatoms. The second-order valence-corrected chi connectivity index (χ2v) is 6.14. The molecule has 5 nitrogen and oxygen atoms in total. The van der Waals surface area contributed by atoms with Crippen LogP contribution in [0.4, 0.5) is 0 Å². The van der Waals surface area contributed by atoms with Crippen molar-refractivity contribution in [1.82, 2.24) is 16.0 Å². The number of hydrogen-bond donors (Lipinski definition) is 3. The Balaban J connectivity index is 2.06. The summed E-state index contributed by atoms with van der Waals surface area (Å²) in [6, 6.07) is 0.400. The zero-order valence-corrected chi connectivity index (χ0v) is 14.4. The van der Waals surface area contributed by atoms with Crippen molar-refractivity contribution in [1.29, 1.82) is 0 Å². The molecule has 0 aromatic carbocycles. The van der Waals surface area contributed by atoms with E-state index in [1.807, 2.05) is 0 Å². The van der Waals surface area contributed by atoms with Gasteiger partial charge in [0, 0.05) is 32.6 Å². The van der Waals surface area contributed by atoms with E-state index >= 15 is 0 Å². The molecule has 1 amide bonds. The van der Waals surface area contributed by atoms with E-state index in [0.717, 1.165) is 31.8 Å². The van der Waals surface area contributed by atoms with Crippen molar-refractivity contribution in [3.05, 3.63) is 0 Å². The number of rotatable bonds is 9. The van der Waals surface area contributed by atoms with Crippen molar-refractivity contribution in [2.24, 2.45) is 4.99 Å². The minimum Gasteiger partial charge on any atom is -0.356 e. The highest BCUT2D eigenvalue weighted by atomic mass is 16.1. The van der Waals surface area contributed by atoms with E-state index < -0.39 is 0 Å². The smallest absolute Gasteiger partial charge is 0.221 e. The van der Waals surface area contributed by atoms with Crippen molar-refractivity contribution >= 4 is 11.9 Å². The van der Waals surface area contributed by atoms with Gasteiger partial charge >= 0.3 is 0 Å². The molecule has 0 aromatic rings. The molecular weight excluding hydrogens is 276 g/mol. The number of carbonyl (C=O) groups excluding carboxylic acids is 1. The number of guanidine groups is 1. The molecule has 1 aliphatic rings. The summed E-state index contributed by atoms with van der Waals surface area (Å²) >= 11 is 0. The van der Waals surface area contributed by atoms with E-state index in [-0.39, 0.29) is 5.91 Å². The van der Waals surface area contributed by atoms with Gasteiger partial charge in [-0.1, -0.05) is 45.4 Å². The molecule has 1 rings (SSSR count). The van der Waals surface area contributed by atoms with Gasteiger partial charge in [0.25, 0.3) is 0 Å². The van der Waals surface area contributed by atoms with Crippen LogP contribution in [0.3, 0.4) is 0 Å². The summed E-state index contributed by atoms with van der Waals surface area (Å²) in [5.74, 6) is 0.944. The predicted octanol–water partition coefficient (Wildman–Crippen LogP) is 2.57. The molecule has 1 fully saturated rings. The predicted molar refractivity (Wildman–Crippen MR) is 93.1 cm³/mol. The van der Waals surface area contributed by atoms with Crippen LogP contribution in [0.1, 0.15) is 71.1 Å². The molecule has 128 valence electrons. The number of unbranched alkanes of at least 4 members (excludes halogenated alkanes) is 3. The van der Waals surface area contributed by atoms with Crippen LogP contribution >= 0.6 is 0 Å². The molecule has 0 bridgehead atoms. The highest BCUT2D eigenvalue weighted by Gasteiger charge is 2.15. The van der Waals surface area contributed by atoms with Crippen LogP contribution in [-0.2, 0) is 4.79 Å². The third-order valence-electron chi connectivity index (χ3n) is 4.16. The van der Waals surface area contributed by atoms with E-state index in [4.69, 9.17) is 0 Å². The minimum absolute atomic E-state index is 0.151. The van der Waals surface area contributed by atoms with Crippen LogP contribution in [0.2, 0.25) is 0 Å². The third kappa shape index (κ3) is 8.90. The quantitative estimate of drug-likeness (QED) is 0.348. The summed E-state index contributed by atoms with van der Waals surface area (Å²) in [6.45, 7) is 3.79. The van der Waals surface area contributed by atoms with E-state index in [9.17, 15) is 4.79 Å². The summed E-state index contributed by atoms with van der Waals surface area (Å²) < 4.78 is 0. The average molecular weight is 310 g/mol. The average Bonchev–Trinajstić information content (AvgIpc) is 2.54. The highest BCUT2D eigenvalue weighted by Crippen LogP contribution is 2.17. The van der Waals surface area contributed by atoms with Crippen molar-refractivity contribution in [3.8, 4) is 0 Å². The molecule has 22 heavy (non-hydrogen) atoms. The van der Waals surface area contributed by atoms with Gasteiger partial charge in [-0.05, 0) is 19.3 Å². The van der Waals surface area contributed by atoms with Gasteiger partial charge in [-0.3, -0.25) is 9.79 Å². The molecule has 0 saturated heterocycles. The van der Waals surface area contributed by atoms with E-state index in [1.165, 1.54) is 38.5 Å². The van der Waals surface area contributed by atoms with Gasteiger partial charge in [0.1, 0.15) is 0 Å². The first-order valence-electron chi connectivity index (χ1n) is 9.00. The van der Waals surface area contributed by atoms with Gasteiger partial charge in [-0.2, -0.15) is 0 Å². The zero-order chi connectivity index (χ0) is 16.0. The van der Waals surface area contributed by atoms with Crippen molar-refractivity contribution in [3.63, 3.8) is 0 Å². The van der Waals surface area contributed by atoms with E-state index in [1.54, 1.807) is 7.05 Å². The number of nitrogens with one attached hydrogen (secondary N) is 3. The summed E-state index contributed by atoms with van der Waals surface area (Å²) in [7, 11) is 1.77. The maximum absolute atomic E-state index is 11.9. The Kier molecular flexibility index (Phi) is 10.5. The Morgan fingerprint density at radius 2 is 1.77 bits per heavy atom. The van der Waals surface area contributed by atoms with Crippen molar-refractivity contribution in [2.45, 2.75) is 77.2 Å². The van der Waals surface area contributed by atoms with Crippen LogP contribution in [0.5, 0.6) is 0 Å².